The van der Waals surface area contributed by atoms with E-state index in [2.05, 4.69) is 6.92 Å². The van der Waals surface area contributed by atoms with Gasteiger partial charge in [-0.15, -0.1) is 0 Å². The monoisotopic (exact) mass is 384 g/mol. The molecule has 2 aliphatic carbocycles. The highest BCUT2D eigenvalue weighted by Gasteiger charge is 2.59. The van der Waals surface area contributed by atoms with Crippen molar-refractivity contribution in [1.82, 2.24) is 0 Å². The van der Waals surface area contributed by atoms with Gasteiger partial charge in [0, 0.05) is 0 Å². The number of hydrogen-bond acceptors (Lipinski definition) is 2. The smallest absolute Gasteiger partial charge is 0.401 e. The van der Waals surface area contributed by atoms with Crippen molar-refractivity contribution in [2.45, 2.75) is 58.4 Å². The van der Waals surface area contributed by atoms with Crippen LogP contribution >= 0.6 is 0 Å². The van der Waals surface area contributed by atoms with Crippen molar-refractivity contribution in [3.05, 3.63) is 34.6 Å². The van der Waals surface area contributed by atoms with Crippen LogP contribution in [-0.4, -0.2) is 17.6 Å². The normalized spacial score (nSPS) is 35.7. The van der Waals surface area contributed by atoms with Gasteiger partial charge in [-0.3, -0.25) is 0 Å². The number of ether oxygens (including phenoxy) is 1. The molecule has 0 saturated heterocycles. The molecule has 148 valence electrons. The van der Waals surface area contributed by atoms with E-state index in [1.54, 1.807) is 12.1 Å². The number of aliphatic hydroxyl groups excluding tert-OH is 1. The fraction of sp³-hybridized carbons (Fsp3) is 0.619. The van der Waals surface area contributed by atoms with Crippen LogP contribution in [0.5, 0.6) is 5.75 Å². The second kappa shape index (κ2) is 6.23. The first-order valence-electron chi connectivity index (χ1n) is 9.49. The van der Waals surface area contributed by atoms with Crippen LogP contribution in [0.4, 0.5) is 17.6 Å². The van der Waals surface area contributed by atoms with Gasteiger partial charge in [0.15, 0.2) is 5.83 Å². The summed E-state index contributed by atoms with van der Waals surface area (Å²) in [6.07, 6.45) is -1.02. The van der Waals surface area contributed by atoms with Gasteiger partial charge in [-0.1, -0.05) is 19.1 Å². The zero-order valence-corrected chi connectivity index (χ0v) is 15.4. The maximum atomic E-state index is 14.8. The Labute approximate surface area is 156 Å². The van der Waals surface area contributed by atoms with Crippen LogP contribution in [0.2, 0.25) is 0 Å². The van der Waals surface area contributed by atoms with Crippen LogP contribution in [-0.2, 0) is 6.42 Å². The third-order valence-electron chi connectivity index (χ3n) is 6.68. The van der Waals surface area contributed by atoms with Gasteiger partial charge in [-0.2, -0.15) is 8.78 Å². The summed E-state index contributed by atoms with van der Waals surface area (Å²) in [7, 11) is 0. The molecule has 1 aromatic rings. The second-order valence-electron chi connectivity index (χ2n) is 8.79. The zero-order chi connectivity index (χ0) is 19.6. The molecule has 4 rings (SSSR count). The first kappa shape index (κ1) is 18.8. The van der Waals surface area contributed by atoms with Crippen LogP contribution in [0, 0.1) is 30.1 Å². The molecule has 1 spiro atoms. The lowest BCUT2D eigenvalue weighted by Gasteiger charge is -2.59. The lowest BCUT2D eigenvalue weighted by Crippen LogP contribution is -2.54. The lowest BCUT2D eigenvalue weighted by atomic mass is 9.46. The topological polar surface area (TPSA) is 29.5 Å². The molecule has 6 heteroatoms. The Hall–Kier alpha value is -1.56. The Morgan fingerprint density at radius 2 is 1.93 bits per heavy atom. The highest BCUT2D eigenvalue weighted by atomic mass is 19.3. The molecule has 27 heavy (non-hydrogen) atoms. The summed E-state index contributed by atoms with van der Waals surface area (Å²) in [5.41, 5.74) is 1.49. The van der Waals surface area contributed by atoms with Gasteiger partial charge >= 0.3 is 6.11 Å². The molecule has 1 heterocycles. The average molecular weight is 384 g/mol. The number of rotatable bonds is 3. The Morgan fingerprint density at radius 3 is 2.52 bits per heavy atom. The molecule has 0 radical (unpaired) electrons. The third kappa shape index (κ3) is 3.16. The van der Waals surface area contributed by atoms with Crippen LogP contribution < -0.4 is 4.74 Å². The Bertz CT molecular complexity index is 773. The number of fused-ring (bicyclic) bond motifs is 1. The minimum atomic E-state index is -3.28. The molecule has 1 N–H and O–H groups in total. The Balaban J connectivity index is 1.56. The zero-order valence-electron chi connectivity index (χ0n) is 15.4. The minimum absolute atomic E-state index is 0.0393. The van der Waals surface area contributed by atoms with E-state index in [1.807, 2.05) is 0 Å². The summed E-state index contributed by atoms with van der Waals surface area (Å²) in [5, 5.41) is 8.65. The van der Waals surface area contributed by atoms with E-state index in [4.69, 9.17) is 9.84 Å². The van der Waals surface area contributed by atoms with Crippen molar-refractivity contribution in [2.24, 2.45) is 23.2 Å². The maximum Gasteiger partial charge on any atom is 0.401 e. The van der Waals surface area contributed by atoms with E-state index < -0.39 is 24.2 Å². The molecule has 2 unspecified atom stereocenters. The predicted molar refractivity (Wildman–Crippen MR) is 93.7 cm³/mol. The first-order valence-corrected chi connectivity index (χ1v) is 9.49. The molecule has 0 amide bonds. The fourth-order valence-corrected chi connectivity index (χ4v) is 5.54. The molecule has 3 aliphatic rings. The highest BCUT2D eigenvalue weighted by molar-refractivity contribution is 5.61. The fourth-order valence-electron chi connectivity index (χ4n) is 5.54. The maximum absolute atomic E-state index is 14.8. The Morgan fingerprint density at radius 1 is 1.26 bits per heavy atom. The van der Waals surface area contributed by atoms with Gasteiger partial charge in [0.2, 0.25) is 6.36 Å². The molecular weight excluding hydrogens is 360 g/mol. The first-order chi connectivity index (χ1) is 12.6. The summed E-state index contributed by atoms with van der Waals surface area (Å²) in [6.45, 7) is 3.74. The Kier molecular flexibility index (Phi) is 4.33. The molecule has 0 aromatic heterocycles. The number of aliphatic hydroxyl groups is 1. The standard InChI is InChI=1S/C21H24F4O2/c1-11-7-20(8-11)9-15(10-20)16-5-14-4-3-13(6-17(22)19(23)26)12(2)18(14)27-21(16,24)25/h3-4,6,11,15-16,19,26H,5,7-10H2,1-2H3/b17-6-. The van der Waals surface area contributed by atoms with Crippen molar-refractivity contribution in [3.63, 3.8) is 0 Å². The van der Waals surface area contributed by atoms with E-state index >= 15 is 0 Å². The van der Waals surface area contributed by atoms with E-state index in [0.717, 1.165) is 31.8 Å². The lowest BCUT2D eigenvalue weighted by molar-refractivity contribution is -0.255. The van der Waals surface area contributed by atoms with Gasteiger partial charge < -0.3 is 9.84 Å². The second-order valence-corrected chi connectivity index (χ2v) is 8.79. The number of alkyl halides is 3. The predicted octanol–water partition coefficient (Wildman–Crippen LogP) is 5.56. The molecule has 2 atom stereocenters. The summed E-state index contributed by atoms with van der Waals surface area (Å²) < 4.78 is 60.6. The van der Waals surface area contributed by atoms with Crippen molar-refractivity contribution >= 4 is 6.08 Å². The molecule has 2 nitrogen and oxygen atoms in total. The van der Waals surface area contributed by atoms with Crippen molar-refractivity contribution in [3.8, 4) is 5.75 Å². The molecule has 1 aliphatic heterocycles. The summed E-state index contributed by atoms with van der Waals surface area (Å²) >= 11 is 0. The largest absolute Gasteiger partial charge is 0.432 e. The molecule has 2 saturated carbocycles. The van der Waals surface area contributed by atoms with Gasteiger partial charge in [0.25, 0.3) is 0 Å². The van der Waals surface area contributed by atoms with Gasteiger partial charge in [0.1, 0.15) is 5.75 Å². The third-order valence-corrected chi connectivity index (χ3v) is 6.68. The van der Waals surface area contributed by atoms with Gasteiger partial charge in [-0.25, -0.2) is 8.78 Å². The van der Waals surface area contributed by atoms with E-state index in [-0.39, 0.29) is 29.1 Å². The minimum Gasteiger partial charge on any atom is -0.432 e. The molecule has 2 fully saturated rings. The van der Waals surface area contributed by atoms with E-state index in [9.17, 15) is 17.6 Å². The quantitative estimate of drug-likeness (QED) is 0.691. The summed E-state index contributed by atoms with van der Waals surface area (Å²) in [5.74, 6) is -1.52. The van der Waals surface area contributed by atoms with E-state index in [0.29, 0.717) is 17.0 Å². The number of halogens is 4. The summed E-state index contributed by atoms with van der Waals surface area (Å²) in [4.78, 5) is 0. The molecule has 0 bridgehead atoms. The molecule has 1 aromatic carbocycles. The SMILES string of the molecule is Cc1c(/C=C(\F)C(O)F)ccc2c1OC(F)(F)C(C1CC3(CC(C)C3)C1)C2. The highest BCUT2D eigenvalue weighted by Crippen LogP contribution is 2.64. The van der Waals surface area contributed by atoms with Gasteiger partial charge in [-0.05, 0) is 79.0 Å². The van der Waals surface area contributed by atoms with Crippen LogP contribution in [0.1, 0.15) is 49.3 Å². The molecular formula is C21H24F4O2. The van der Waals surface area contributed by atoms with Crippen LogP contribution in [0.15, 0.2) is 18.0 Å². The van der Waals surface area contributed by atoms with Crippen LogP contribution in [0.3, 0.4) is 0 Å². The number of benzene rings is 1. The summed E-state index contributed by atoms with van der Waals surface area (Å²) in [6, 6.07) is 3.18. The van der Waals surface area contributed by atoms with Gasteiger partial charge in [0.05, 0.1) is 5.92 Å². The van der Waals surface area contributed by atoms with E-state index in [1.165, 1.54) is 6.92 Å². The van der Waals surface area contributed by atoms with Crippen molar-refractivity contribution in [2.75, 3.05) is 0 Å². The number of hydrogen-bond donors (Lipinski definition) is 1. The van der Waals surface area contributed by atoms with Crippen LogP contribution in [0.25, 0.3) is 6.08 Å². The van der Waals surface area contributed by atoms with Crippen molar-refractivity contribution in [1.29, 1.82) is 0 Å². The average Bonchev–Trinajstić information content (AvgIpc) is 2.52. The van der Waals surface area contributed by atoms with Crippen molar-refractivity contribution < 1.29 is 27.4 Å².